The Labute approximate surface area is 124 Å². The SMILES string of the molecule is Cc1ccc(CNC(=O)N2CCCC(CC(=O)O)C2)cn1. The molecule has 0 aliphatic carbocycles. The molecular formula is C15H21N3O3. The van der Waals surface area contributed by atoms with Crippen LogP contribution < -0.4 is 5.32 Å². The molecule has 2 heterocycles. The standard InChI is InChI=1S/C15H21N3O3/c1-11-4-5-13(8-16-11)9-17-15(21)18-6-2-3-12(10-18)7-14(19)20/h4-5,8,12H,2-3,6-7,9-10H2,1H3,(H,17,21)(H,19,20). The van der Waals surface area contributed by atoms with Gasteiger partial charge in [-0.05, 0) is 37.3 Å². The van der Waals surface area contributed by atoms with E-state index in [1.807, 2.05) is 19.1 Å². The highest BCUT2D eigenvalue weighted by Gasteiger charge is 2.24. The van der Waals surface area contributed by atoms with Gasteiger partial charge < -0.3 is 15.3 Å². The first-order chi connectivity index (χ1) is 10.0. The molecule has 1 saturated heterocycles. The van der Waals surface area contributed by atoms with Gasteiger partial charge in [0.15, 0.2) is 0 Å². The van der Waals surface area contributed by atoms with Crippen LogP contribution in [-0.2, 0) is 11.3 Å². The third-order valence-corrected chi connectivity index (χ3v) is 3.69. The highest BCUT2D eigenvalue weighted by Crippen LogP contribution is 2.19. The molecule has 1 fully saturated rings. The number of carboxylic acid groups (broad SMARTS) is 1. The molecule has 6 heteroatoms. The van der Waals surface area contributed by atoms with Crippen LogP contribution in [-0.4, -0.2) is 40.1 Å². The predicted molar refractivity (Wildman–Crippen MR) is 77.8 cm³/mol. The van der Waals surface area contributed by atoms with Crippen molar-refractivity contribution in [3.05, 3.63) is 29.6 Å². The lowest BCUT2D eigenvalue weighted by molar-refractivity contribution is -0.138. The molecule has 1 aromatic rings. The number of hydrogen-bond acceptors (Lipinski definition) is 3. The van der Waals surface area contributed by atoms with Gasteiger partial charge in [-0.15, -0.1) is 0 Å². The summed E-state index contributed by atoms with van der Waals surface area (Å²) in [5, 5.41) is 11.7. The number of hydrogen-bond donors (Lipinski definition) is 2. The van der Waals surface area contributed by atoms with Gasteiger partial charge >= 0.3 is 12.0 Å². The van der Waals surface area contributed by atoms with Crippen LogP contribution >= 0.6 is 0 Å². The van der Waals surface area contributed by atoms with Crippen molar-refractivity contribution >= 4 is 12.0 Å². The zero-order valence-corrected chi connectivity index (χ0v) is 12.2. The molecule has 0 aromatic carbocycles. The number of carboxylic acids is 1. The average Bonchev–Trinajstić information content (AvgIpc) is 2.46. The molecule has 114 valence electrons. The molecule has 0 saturated carbocycles. The van der Waals surface area contributed by atoms with E-state index in [4.69, 9.17) is 5.11 Å². The van der Waals surface area contributed by atoms with E-state index in [-0.39, 0.29) is 18.4 Å². The Kier molecular flexibility index (Phi) is 5.14. The molecule has 1 unspecified atom stereocenters. The minimum absolute atomic E-state index is 0.0584. The number of piperidine rings is 1. The number of pyridine rings is 1. The number of urea groups is 1. The van der Waals surface area contributed by atoms with Crippen LogP contribution in [0.5, 0.6) is 0 Å². The molecule has 1 aliphatic rings. The van der Waals surface area contributed by atoms with E-state index in [0.29, 0.717) is 19.6 Å². The van der Waals surface area contributed by atoms with E-state index < -0.39 is 5.97 Å². The summed E-state index contributed by atoms with van der Waals surface area (Å²) in [6, 6.07) is 3.71. The number of amides is 2. The number of aliphatic carboxylic acids is 1. The third kappa shape index (κ3) is 4.73. The van der Waals surface area contributed by atoms with Gasteiger partial charge in [-0.25, -0.2) is 4.79 Å². The first kappa shape index (κ1) is 15.3. The molecule has 2 rings (SSSR count). The highest BCUT2D eigenvalue weighted by molar-refractivity contribution is 5.74. The molecule has 0 bridgehead atoms. The highest BCUT2D eigenvalue weighted by atomic mass is 16.4. The van der Waals surface area contributed by atoms with Crippen molar-refractivity contribution in [2.24, 2.45) is 5.92 Å². The predicted octanol–water partition coefficient (Wildman–Crippen LogP) is 1.79. The zero-order valence-electron chi connectivity index (χ0n) is 12.2. The minimum atomic E-state index is -0.798. The Bertz CT molecular complexity index is 501. The van der Waals surface area contributed by atoms with Crippen molar-refractivity contribution in [2.45, 2.75) is 32.7 Å². The van der Waals surface area contributed by atoms with Gasteiger partial charge in [0.1, 0.15) is 0 Å². The fourth-order valence-corrected chi connectivity index (χ4v) is 2.56. The third-order valence-electron chi connectivity index (χ3n) is 3.69. The van der Waals surface area contributed by atoms with Gasteiger partial charge in [-0.3, -0.25) is 9.78 Å². The molecular weight excluding hydrogens is 270 g/mol. The second-order valence-electron chi connectivity index (χ2n) is 5.52. The quantitative estimate of drug-likeness (QED) is 0.886. The summed E-state index contributed by atoms with van der Waals surface area (Å²) in [5.74, 6) is -0.740. The number of likely N-dealkylation sites (tertiary alicyclic amines) is 1. The lowest BCUT2D eigenvalue weighted by atomic mass is 9.95. The van der Waals surface area contributed by atoms with Crippen LogP contribution in [0, 0.1) is 12.8 Å². The summed E-state index contributed by atoms with van der Waals surface area (Å²) in [5.41, 5.74) is 1.89. The van der Waals surface area contributed by atoms with Gasteiger partial charge in [0.25, 0.3) is 0 Å². The average molecular weight is 291 g/mol. The number of aryl methyl sites for hydroxylation is 1. The van der Waals surface area contributed by atoms with Crippen molar-refractivity contribution < 1.29 is 14.7 Å². The molecule has 21 heavy (non-hydrogen) atoms. The number of nitrogens with zero attached hydrogens (tertiary/aromatic N) is 2. The Balaban J connectivity index is 1.82. The summed E-state index contributed by atoms with van der Waals surface area (Å²) in [4.78, 5) is 28.8. The largest absolute Gasteiger partial charge is 0.481 e. The van der Waals surface area contributed by atoms with Crippen molar-refractivity contribution in [2.75, 3.05) is 13.1 Å². The second-order valence-corrected chi connectivity index (χ2v) is 5.52. The van der Waals surface area contributed by atoms with Crippen molar-refractivity contribution in [1.82, 2.24) is 15.2 Å². The Morgan fingerprint density at radius 3 is 2.95 bits per heavy atom. The molecule has 2 amide bonds. The Morgan fingerprint density at radius 1 is 1.48 bits per heavy atom. The van der Waals surface area contributed by atoms with E-state index in [1.165, 1.54) is 0 Å². The van der Waals surface area contributed by atoms with E-state index in [1.54, 1.807) is 11.1 Å². The molecule has 0 spiro atoms. The second kappa shape index (κ2) is 7.06. The van der Waals surface area contributed by atoms with E-state index >= 15 is 0 Å². The topological polar surface area (TPSA) is 82.5 Å². The number of carbonyl (C=O) groups is 2. The number of aromatic nitrogens is 1. The van der Waals surface area contributed by atoms with Crippen LogP contribution in [0.2, 0.25) is 0 Å². The van der Waals surface area contributed by atoms with Crippen molar-refractivity contribution in [3.63, 3.8) is 0 Å². The van der Waals surface area contributed by atoms with Crippen LogP contribution in [0.25, 0.3) is 0 Å². The summed E-state index contributed by atoms with van der Waals surface area (Å²) < 4.78 is 0. The first-order valence-electron chi connectivity index (χ1n) is 7.20. The van der Waals surface area contributed by atoms with Crippen LogP contribution in [0.4, 0.5) is 4.79 Å². The summed E-state index contributed by atoms with van der Waals surface area (Å²) >= 11 is 0. The smallest absolute Gasteiger partial charge is 0.317 e. The Morgan fingerprint density at radius 2 is 2.29 bits per heavy atom. The van der Waals surface area contributed by atoms with Crippen LogP contribution in [0.3, 0.4) is 0 Å². The first-order valence-corrected chi connectivity index (χ1v) is 7.20. The molecule has 1 atom stereocenters. The summed E-state index contributed by atoms with van der Waals surface area (Å²) in [6.45, 7) is 3.56. The zero-order chi connectivity index (χ0) is 15.2. The number of carbonyl (C=O) groups excluding carboxylic acids is 1. The van der Waals surface area contributed by atoms with Crippen molar-refractivity contribution in [1.29, 1.82) is 0 Å². The number of rotatable bonds is 4. The number of nitrogens with one attached hydrogen (secondary N) is 1. The lowest BCUT2D eigenvalue weighted by Gasteiger charge is -2.32. The monoisotopic (exact) mass is 291 g/mol. The van der Waals surface area contributed by atoms with E-state index in [9.17, 15) is 9.59 Å². The van der Waals surface area contributed by atoms with E-state index in [0.717, 1.165) is 24.1 Å². The maximum atomic E-state index is 12.1. The molecule has 6 nitrogen and oxygen atoms in total. The minimum Gasteiger partial charge on any atom is -0.481 e. The van der Waals surface area contributed by atoms with Gasteiger partial charge in [-0.1, -0.05) is 6.07 Å². The van der Waals surface area contributed by atoms with Gasteiger partial charge in [-0.2, -0.15) is 0 Å². The lowest BCUT2D eigenvalue weighted by Crippen LogP contribution is -2.45. The normalized spacial score (nSPS) is 18.3. The van der Waals surface area contributed by atoms with Gasteiger partial charge in [0.2, 0.25) is 0 Å². The van der Waals surface area contributed by atoms with Crippen LogP contribution in [0.15, 0.2) is 18.3 Å². The van der Waals surface area contributed by atoms with Gasteiger partial charge in [0, 0.05) is 37.9 Å². The van der Waals surface area contributed by atoms with Crippen LogP contribution in [0.1, 0.15) is 30.5 Å². The molecule has 1 aliphatic heterocycles. The summed E-state index contributed by atoms with van der Waals surface area (Å²) in [6.07, 6.45) is 3.61. The molecule has 2 N–H and O–H groups in total. The van der Waals surface area contributed by atoms with Gasteiger partial charge in [0.05, 0.1) is 0 Å². The summed E-state index contributed by atoms with van der Waals surface area (Å²) in [7, 11) is 0. The molecule has 0 radical (unpaired) electrons. The van der Waals surface area contributed by atoms with E-state index in [2.05, 4.69) is 10.3 Å². The maximum Gasteiger partial charge on any atom is 0.317 e. The van der Waals surface area contributed by atoms with Crippen molar-refractivity contribution in [3.8, 4) is 0 Å². The molecule has 1 aromatic heterocycles. The Hall–Kier alpha value is -2.11. The maximum absolute atomic E-state index is 12.1. The fourth-order valence-electron chi connectivity index (χ4n) is 2.56. The fraction of sp³-hybridized carbons (Fsp3) is 0.533.